The summed E-state index contributed by atoms with van der Waals surface area (Å²) in [6.45, 7) is 8.79. The second-order valence-electron chi connectivity index (χ2n) is 5.78. The van der Waals surface area contributed by atoms with Crippen molar-refractivity contribution in [2.45, 2.75) is 26.2 Å². The van der Waals surface area contributed by atoms with Crippen LogP contribution in [0.5, 0.6) is 0 Å². The minimum Gasteiger partial charge on any atom is -0.428 e. The van der Waals surface area contributed by atoms with Crippen molar-refractivity contribution in [3.05, 3.63) is 48.5 Å². The summed E-state index contributed by atoms with van der Waals surface area (Å²) in [5.41, 5.74) is 0. The molecule has 2 aromatic carbocycles. The van der Waals surface area contributed by atoms with Crippen LogP contribution in [0.15, 0.2) is 48.5 Å². The summed E-state index contributed by atoms with van der Waals surface area (Å²) in [7, 11) is 0.579. The molecular formula is C16H26FeO2Si2. The number of hydrogen-bond donors (Lipinski definition) is 0. The third kappa shape index (κ3) is 6.06. The van der Waals surface area contributed by atoms with Gasteiger partial charge in [-0.25, -0.2) is 24.3 Å². The first-order chi connectivity index (χ1) is 9.33. The molecule has 0 aliphatic carbocycles. The van der Waals surface area contributed by atoms with Crippen LogP contribution in [0.3, 0.4) is 0 Å². The van der Waals surface area contributed by atoms with Crippen LogP contribution < -0.4 is 10.4 Å². The smallest absolute Gasteiger partial charge is 0.428 e. The van der Waals surface area contributed by atoms with Crippen LogP contribution in [0, 0.1) is 0 Å². The topological polar surface area (TPSA) is 18.5 Å². The maximum atomic E-state index is 5.42. The molecule has 2 nitrogen and oxygen atoms in total. The third-order valence-electron chi connectivity index (χ3n) is 3.74. The first kappa shape index (κ1) is 20.6. The minimum atomic E-state index is -1.50. The van der Waals surface area contributed by atoms with E-state index in [0.29, 0.717) is 0 Å². The Bertz CT molecular complexity index is 430. The average Bonchev–Trinajstić information content (AvgIpc) is 3.12. The van der Waals surface area contributed by atoms with Crippen molar-refractivity contribution >= 4 is 27.0 Å². The molecule has 2 aromatic rings. The predicted molar refractivity (Wildman–Crippen MR) is 92.3 cm³/mol. The third-order valence-corrected chi connectivity index (χ3v) is 9.23. The van der Waals surface area contributed by atoms with Crippen molar-refractivity contribution in [2.75, 3.05) is 14.2 Å². The van der Waals surface area contributed by atoms with E-state index in [9.17, 15) is 0 Å². The molecule has 0 aromatic heterocycles. The van der Waals surface area contributed by atoms with Crippen molar-refractivity contribution in [2.24, 2.45) is 0 Å². The van der Waals surface area contributed by atoms with Crippen molar-refractivity contribution in [1.82, 2.24) is 0 Å². The van der Waals surface area contributed by atoms with Gasteiger partial charge in [0.25, 0.3) is 0 Å². The van der Waals surface area contributed by atoms with E-state index in [4.69, 9.17) is 8.85 Å². The largest absolute Gasteiger partial charge is 2.00 e. The molecule has 0 atom stereocenters. The summed E-state index contributed by atoms with van der Waals surface area (Å²) in [5, 5.41) is 2.74. The second kappa shape index (κ2) is 8.88. The molecule has 2 rings (SSSR count). The van der Waals surface area contributed by atoms with Gasteiger partial charge in [0, 0.05) is 14.2 Å². The van der Waals surface area contributed by atoms with Gasteiger partial charge in [-0.3, -0.25) is 0 Å². The fourth-order valence-electron chi connectivity index (χ4n) is 1.79. The van der Waals surface area contributed by atoms with E-state index in [2.05, 4.69) is 74.7 Å². The van der Waals surface area contributed by atoms with E-state index in [1.807, 2.05) is 0 Å². The van der Waals surface area contributed by atoms with Crippen molar-refractivity contribution < 1.29 is 25.9 Å². The van der Waals surface area contributed by atoms with Crippen LogP contribution >= 0.6 is 0 Å². The molecule has 0 N–H and O–H groups in total. The Hall–Kier alpha value is -0.427. The Labute approximate surface area is 141 Å². The Kier molecular flexibility index (Phi) is 8.70. The second-order valence-corrected chi connectivity index (χ2v) is 13.8. The van der Waals surface area contributed by atoms with Gasteiger partial charge in [0.2, 0.25) is 0 Å². The Morgan fingerprint density at radius 3 is 1.05 bits per heavy atom. The number of hydrogen-bond acceptors (Lipinski definition) is 2. The fraction of sp³-hybridized carbons (Fsp3) is 0.375. The van der Waals surface area contributed by atoms with Crippen LogP contribution in [-0.2, 0) is 25.9 Å². The van der Waals surface area contributed by atoms with Crippen LogP contribution in [0.1, 0.15) is 0 Å². The summed E-state index contributed by atoms with van der Waals surface area (Å²) in [4.78, 5) is 0. The molecule has 0 heterocycles. The zero-order valence-corrected chi connectivity index (χ0v) is 16.9. The van der Waals surface area contributed by atoms with Gasteiger partial charge in [-0.2, -0.15) is 24.3 Å². The van der Waals surface area contributed by atoms with Crippen LogP contribution in [0.2, 0.25) is 26.2 Å². The summed E-state index contributed by atoms with van der Waals surface area (Å²) in [5.74, 6) is 0. The van der Waals surface area contributed by atoms with Gasteiger partial charge in [0.1, 0.15) is 0 Å². The molecule has 0 fully saturated rings. The zero-order valence-electron chi connectivity index (χ0n) is 13.8. The van der Waals surface area contributed by atoms with Crippen LogP contribution in [-0.4, -0.2) is 30.9 Å². The van der Waals surface area contributed by atoms with Gasteiger partial charge in [-0.05, 0) is 0 Å². The summed E-state index contributed by atoms with van der Waals surface area (Å²) in [6.07, 6.45) is 0. The zero-order chi connectivity index (χ0) is 15.2. The molecule has 0 saturated carbocycles. The molecule has 21 heavy (non-hydrogen) atoms. The first-order valence-electron chi connectivity index (χ1n) is 6.88. The molecule has 0 amide bonds. The number of rotatable bonds is 4. The van der Waals surface area contributed by atoms with Gasteiger partial charge in [-0.15, -0.1) is 10.4 Å². The predicted octanol–water partition coefficient (Wildman–Crippen LogP) is 2.93. The standard InChI is InChI=1S/2C8H13OSi.Fe/c2*1-9-10(2,3)8-6-4-5-7-8;/h2*4-7H,1-3H3;/q2*-1;+2. The first-order valence-corrected chi connectivity index (χ1v) is 12.7. The molecule has 118 valence electrons. The normalized spacial score (nSPS) is 11.3. The monoisotopic (exact) mass is 362 g/mol. The van der Waals surface area contributed by atoms with Gasteiger partial charge in [-0.1, -0.05) is 26.2 Å². The summed E-state index contributed by atoms with van der Waals surface area (Å²) < 4.78 is 10.8. The summed E-state index contributed by atoms with van der Waals surface area (Å²) in [6, 6.07) is 16.8. The van der Waals surface area contributed by atoms with E-state index < -0.39 is 16.6 Å². The Morgan fingerprint density at radius 1 is 0.619 bits per heavy atom. The molecular weight excluding hydrogens is 336 g/mol. The van der Waals surface area contributed by atoms with E-state index in [-0.39, 0.29) is 17.1 Å². The van der Waals surface area contributed by atoms with Gasteiger partial charge >= 0.3 is 17.1 Å². The molecule has 0 radical (unpaired) electrons. The molecule has 5 heteroatoms. The maximum absolute atomic E-state index is 5.42. The fourth-order valence-corrected chi connectivity index (χ4v) is 4.25. The molecule has 0 unspecified atom stereocenters. The van der Waals surface area contributed by atoms with E-state index in [1.54, 1.807) is 14.2 Å². The van der Waals surface area contributed by atoms with E-state index in [1.165, 1.54) is 10.4 Å². The van der Waals surface area contributed by atoms with Gasteiger partial charge < -0.3 is 8.85 Å². The van der Waals surface area contributed by atoms with Crippen LogP contribution in [0.25, 0.3) is 0 Å². The van der Waals surface area contributed by atoms with Crippen molar-refractivity contribution in [1.29, 1.82) is 0 Å². The molecule has 0 aliphatic rings. The van der Waals surface area contributed by atoms with Gasteiger partial charge in [0.05, 0.1) is 0 Å². The molecule has 0 aliphatic heterocycles. The van der Waals surface area contributed by atoms with E-state index >= 15 is 0 Å². The average molecular weight is 362 g/mol. The molecule has 0 bridgehead atoms. The van der Waals surface area contributed by atoms with Gasteiger partial charge in [0.15, 0.2) is 16.6 Å². The van der Waals surface area contributed by atoms with Crippen molar-refractivity contribution in [3.63, 3.8) is 0 Å². The SMILES string of the molecule is CO[Si](C)(C)[c-]1cccc1.CO[Si](C)(C)[c-]1cccc1.[Fe+2]. The summed E-state index contributed by atoms with van der Waals surface area (Å²) >= 11 is 0. The Morgan fingerprint density at radius 2 is 0.857 bits per heavy atom. The Balaban J connectivity index is 0.000000364. The molecule has 0 saturated heterocycles. The minimum absolute atomic E-state index is 0. The van der Waals surface area contributed by atoms with E-state index in [0.717, 1.165) is 0 Å². The molecule has 0 spiro atoms. The van der Waals surface area contributed by atoms with Crippen LogP contribution in [0.4, 0.5) is 0 Å². The van der Waals surface area contributed by atoms with Crippen molar-refractivity contribution in [3.8, 4) is 0 Å². The quantitative estimate of drug-likeness (QED) is 0.615. The maximum Gasteiger partial charge on any atom is 2.00 e.